The minimum Gasteiger partial charge on any atom is -0.481 e. The van der Waals surface area contributed by atoms with E-state index in [-0.39, 0.29) is 12.5 Å². The number of aryl methyl sites for hydroxylation is 1. The van der Waals surface area contributed by atoms with E-state index in [1.807, 2.05) is 66.4 Å². The molecule has 3 aromatic carbocycles. The van der Waals surface area contributed by atoms with E-state index in [0.29, 0.717) is 5.92 Å². The van der Waals surface area contributed by atoms with Crippen molar-refractivity contribution >= 4 is 29.1 Å². The largest absolute Gasteiger partial charge is 0.481 e. The van der Waals surface area contributed by atoms with Gasteiger partial charge in [-0.1, -0.05) is 54.6 Å². The smallest absolute Gasteiger partial charge is 0.305 e. The highest BCUT2D eigenvalue weighted by molar-refractivity contribution is 7.99. The number of fused-ring (bicyclic) bond motifs is 1. The quantitative estimate of drug-likeness (QED) is 0.424. The minimum absolute atomic E-state index is 0.0180. The third-order valence-corrected chi connectivity index (χ3v) is 6.74. The van der Waals surface area contributed by atoms with Crippen LogP contribution in [-0.2, 0) is 4.79 Å². The van der Waals surface area contributed by atoms with Gasteiger partial charge in [-0.15, -0.1) is 11.8 Å². The fourth-order valence-corrected chi connectivity index (χ4v) is 5.36. The molecule has 154 valence electrons. The van der Waals surface area contributed by atoms with Crippen LogP contribution < -0.4 is 10.6 Å². The van der Waals surface area contributed by atoms with E-state index in [4.69, 9.17) is 0 Å². The van der Waals surface area contributed by atoms with Crippen LogP contribution in [0.15, 0.2) is 77.7 Å². The third kappa shape index (κ3) is 4.62. The van der Waals surface area contributed by atoms with Crippen molar-refractivity contribution in [2.75, 3.05) is 22.9 Å². The number of carboxylic acid groups (broad SMARTS) is 1. The summed E-state index contributed by atoms with van der Waals surface area (Å²) in [6.07, 6.45) is 0.0180. The Morgan fingerprint density at radius 1 is 1.03 bits per heavy atom. The van der Waals surface area contributed by atoms with Gasteiger partial charge in [0.1, 0.15) is 0 Å². The first-order chi connectivity index (χ1) is 14.6. The van der Waals surface area contributed by atoms with Gasteiger partial charge in [0.2, 0.25) is 0 Å². The van der Waals surface area contributed by atoms with Crippen LogP contribution >= 0.6 is 11.8 Å². The molecule has 0 radical (unpaired) electrons. The van der Waals surface area contributed by atoms with E-state index in [2.05, 4.69) is 35.8 Å². The Kier molecular flexibility index (Phi) is 6.29. The number of benzene rings is 3. The number of hydrogen-bond acceptors (Lipinski definition) is 4. The number of carboxylic acids is 1. The molecule has 1 heterocycles. The molecule has 0 bridgehead atoms. The second-order valence-corrected chi connectivity index (χ2v) is 8.69. The van der Waals surface area contributed by atoms with Crippen LogP contribution in [0.1, 0.15) is 35.1 Å². The molecular weight excluding hydrogens is 392 g/mol. The van der Waals surface area contributed by atoms with Crippen LogP contribution in [-0.4, -0.2) is 23.4 Å². The van der Waals surface area contributed by atoms with Gasteiger partial charge in [-0.2, -0.15) is 0 Å². The highest BCUT2D eigenvalue weighted by Gasteiger charge is 2.25. The summed E-state index contributed by atoms with van der Waals surface area (Å²) in [5.74, 6) is 0.717. The van der Waals surface area contributed by atoms with Crippen molar-refractivity contribution in [2.24, 2.45) is 0 Å². The second kappa shape index (κ2) is 9.26. The average Bonchev–Trinajstić information content (AvgIpc) is 3.17. The van der Waals surface area contributed by atoms with Gasteiger partial charge in [0.05, 0.1) is 23.8 Å². The molecule has 0 fully saturated rings. The summed E-state index contributed by atoms with van der Waals surface area (Å²) in [7, 11) is 0. The molecule has 0 saturated heterocycles. The molecule has 0 aliphatic carbocycles. The summed E-state index contributed by atoms with van der Waals surface area (Å²) in [6.45, 7) is 3.03. The second-order valence-electron chi connectivity index (χ2n) is 7.63. The van der Waals surface area contributed by atoms with Crippen molar-refractivity contribution in [3.05, 3.63) is 89.5 Å². The van der Waals surface area contributed by atoms with Crippen LogP contribution in [0.4, 0.5) is 11.4 Å². The molecule has 0 amide bonds. The summed E-state index contributed by atoms with van der Waals surface area (Å²) in [5.41, 5.74) is 5.68. The van der Waals surface area contributed by atoms with E-state index in [1.54, 1.807) is 0 Å². The molecule has 3 aromatic rings. The summed E-state index contributed by atoms with van der Waals surface area (Å²) in [4.78, 5) is 12.8. The number of nitrogens with one attached hydrogen (secondary N) is 2. The van der Waals surface area contributed by atoms with Crippen LogP contribution in [0.2, 0.25) is 0 Å². The zero-order chi connectivity index (χ0) is 20.9. The first-order valence-corrected chi connectivity index (χ1v) is 11.2. The van der Waals surface area contributed by atoms with Crippen LogP contribution in [0, 0.1) is 6.92 Å². The molecule has 3 N–H and O–H groups in total. The first-order valence-electron chi connectivity index (χ1n) is 10.2. The monoisotopic (exact) mass is 418 g/mol. The van der Waals surface area contributed by atoms with Gasteiger partial charge >= 0.3 is 5.97 Å². The predicted molar refractivity (Wildman–Crippen MR) is 125 cm³/mol. The predicted octanol–water partition coefficient (Wildman–Crippen LogP) is 5.92. The number of para-hydroxylation sites is 2. The highest BCUT2D eigenvalue weighted by atomic mass is 32.2. The normalized spacial score (nSPS) is 16.0. The van der Waals surface area contributed by atoms with Crippen LogP contribution in [0.3, 0.4) is 0 Å². The number of hydrogen-bond donors (Lipinski definition) is 3. The zero-order valence-corrected chi connectivity index (χ0v) is 17.8. The lowest BCUT2D eigenvalue weighted by Crippen LogP contribution is -2.18. The fourth-order valence-electron chi connectivity index (χ4n) is 4.03. The van der Waals surface area contributed by atoms with Gasteiger partial charge in [-0.3, -0.25) is 4.79 Å². The molecule has 0 spiro atoms. The maximum absolute atomic E-state index is 11.4. The molecule has 1 aliphatic rings. The molecule has 0 aromatic heterocycles. The van der Waals surface area contributed by atoms with Crippen molar-refractivity contribution in [3.63, 3.8) is 0 Å². The molecule has 5 heteroatoms. The summed E-state index contributed by atoms with van der Waals surface area (Å²) >= 11 is 1.92. The van der Waals surface area contributed by atoms with Crippen LogP contribution in [0.25, 0.3) is 0 Å². The maximum Gasteiger partial charge on any atom is 0.305 e. The fraction of sp³-hybridized carbons (Fsp3) is 0.240. The van der Waals surface area contributed by atoms with Crippen molar-refractivity contribution in [3.8, 4) is 0 Å². The number of thioether (sulfide) groups is 1. The summed E-state index contributed by atoms with van der Waals surface area (Å²) in [5, 5.41) is 16.5. The van der Waals surface area contributed by atoms with E-state index in [9.17, 15) is 9.90 Å². The van der Waals surface area contributed by atoms with E-state index < -0.39 is 5.97 Å². The Morgan fingerprint density at radius 3 is 2.53 bits per heavy atom. The minimum atomic E-state index is -0.822. The molecule has 4 rings (SSSR count). The standard InChI is InChI=1S/C25H26N2O2S/c1-17-8-7-13-23-25(17)19(16-30-23)15-26-20-11-5-6-12-21(20)27-22(14-24(28)29)18-9-3-2-4-10-18/h2-13,19,22,26-27H,14-16H2,1H3,(H,28,29)/t19?,22-/m1/s1. The zero-order valence-electron chi connectivity index (χ0n) is 17.0. The third-order valence-electron chi connectivity index (χ3n) is 5.51. The number of anilines is 2. The summed E-state index contributed by atoms with van der Waals surface area (Å²) in [6, 6.07) is 24.0. The molecule has 0 saturated carbocycles. The topological polar surface area (TPSA) is 61.4 Å². The first kappa shape index (κ1) is 20.4. The van der Waals surface area contributed by atoms with Gasteiger partial charge in [0.15, 0.2) is 0 Å². The average molecular weight is 419 g/mol. The maximum atomic E-state index is 11.4. The van der Waals surface area contributed by atoms with Crippen molar-refractivity contribution in [2.45, 2.75) is 30.2 Å². The van der Waals surface area contributed by atoms with Gasteiger partial charge < -0.3 is 15.7 Å². The molecule has 1 aliphatic heterocycles. The van der Waals surface area contributed by atoms with Gasteiger partial charge in [0.25, 0.3) is 0 Å². The Labute approximate surface area is 181 Å². The van der Waals surface area contributed by atoms with E-state index in [0.717, 1.165) is 29.2 Å². The Bertz CT molecular complexity index is 1020. The van der Waals surface area contributed by atoms with E-state index >= 15 is 0 Å². The van der Waals surface area contributed by atoms with Gasteiger partial charge in [-0.05, 0) is 41.8 Å². The highest BCUT2D eigenvalue weighted by Crippen LogP contribution is 2.41. The van der Waals surface area contributed by atoms with Crippen molar-refractivity contribution < 1.29 is 9.90 Å². The van der Waals surface area contributed by atoms with Crippen molar-refractivity contribution in [1.29, 1.82) is 0 Å². The van der Waals surface area contributed by atoms with E-state index in [1.165, 1.54) is 16.0 Å². The van der Waals surface area contributed by atoms with Crippen LogP contribution in [0.5, 0.6) is 0 Å². The van der Waals surface area contributed by atoms with Crippen molar-refractivity contribution in [1.82, 2.24) is 0 Å². The van der Waals surface area contributed by atoms with Gasteiger partial charge in [-0.25, -0.2) is 0 Å². The Hall–Kier alpha value is -2.92. The van der Waals surface area contributed by atoms with Gasteiger partial charge in [0, 0.05) is 23.1 Å². The molecule has 2 atom stereocenters. The lowest BCUT2D eigenvalue weighted by molar-refractivity contribution is -0.137. The molecule has 1 unspecified atom stereocenters. The number of rotatable bonds is 8. The lowest BCUT2D eigenvalue weighted by Gasteiger charge is -2.22. The SMILES string of the molecule is Cc1cccc2c1C(CNc1ccccc1N[C@H](CC(=O)O)c1ccccc1)CS2. The summed E-state index contributed by atoms with van der Waals surface area (Å²) < 4.78 is 0. The number of aliphatic carboxylic acids is 1. The lowest BCUT2D eigenvalue weighted by atomic mass is 9.96. The molecule has 4 nitrogen and oxygen atoms in total. The number of carbonyl (C=O) groups is 1. The molecule has 30 heavy (non-hydrogen) atoms. The Balaban J connectivity index is 1.51. The molecular formula is C25H26N2O2S. The Morgan fingerprint density at radius 2 is 1.77 bits per heavy atom.